The van der Waals surface area contributed by atoms with E-state index < -0.39 is 15.7 Å². The van der Waals surface area contributed by atoms with E-state index in [9.17, 15) is 13.5 Å². The van der Waals surface area contributed by atoms with Crippen LogP contribution in [0, 0.1) is 11.3 Å². The molecule has 1 N–H and O–H groups in total. The Morgan fingerprint density at radius 2 is 2.00 bits per heavy atom. The second-order valence-electron chi connectivity index (χ2n) is 3.53. The second-order valence-corrected chi connectivity index (χ2v) is 6.48. The van der Waals surface area contributed by atoms with Gasteiger partial charge in [-0.3, -0.25) is 0 Å². The molecule has 0 bridgehead atoms. The molecule has 7 heteroatoms. The van der Waals surface area contributed by atoms with Crippen LogP contribution in [0.4, 0.5) is 0 Å². The van der Waals surface area contributed by atoms with E-state index in [1.165, 1.54) is 0 Å². The van der Waals surface area contributed by atoms with Gasteiger partial charge >= 0.3 is 0 Å². The Hall–Kier alpha value is -1.91. The maximum absolute atomic E-state index is 12.1. The zero-order valence-corrected chi connectivity index (χ0v) is 10.7. The molecule has 1 aromatic heterocycles. The molecule has 0 amide bonds. The van der Waals surface area contributed by atoms with Gasteiger partial charge in [-0.2, -0.15) is 9.64 Å². The number of nitriles is 1. The van der Waals surface area contributed by atoms with Crippen LogP contribution in [-0.4, -0.2) is 17.9 Å². The van der Waals surface area contributed by atoms with Crippen molar-refractivity contribution in [1.29, 1.82) is 5.26 Å². The number of rotatable bonds is 3. The first-order valence-corrected chi connectivity index (χ1v) is 7.32. The molecular formula is C11H8N2O3S2. The molecule has 0 atom stereocenters. The van der Waals surface area contributed by atoms with Crippen LogP contribution >= 0.6 is 11.5 Å². The summed E-state index contributed by atoms with van der Waals surface area (Å²) in [5.74, 6) is -0.751. The van der Waals surface area contributed by atoms with Crippen molar-refractivity contribution in [2.24, 2.45) is 0 Å². The van der Waals surface area contributed by atoms with Crippen LogP contribution in [0.25, 0.3) is 0 Å². The van der Waals surface area contributed by atoms with E-state index in [1.807, 2.05) is 0 Å². The van der Waals surface area contributed by atoms with Crippen molar-refractivity contribution >= 4 is 21.4 Å². The van der Waals surface area contributed by atoms with Crippen molar-refractivity contribution in [3.8, 4) is 11.9 Å². The predicted octanol–water partition coefficient (Wildman–Crippen LogP) is 1.69. The average molecular weight is 280 g/mol. The number of benzene rings is 1. The van der Waals surface area contributed by atoms with E-state index in [2.05, 4.69) is 4.37 Å². The SMILES string of the molecule is N#Cc1c(O)nsc1S(=O)(=O)Cc1ccccc1. The van der Waals surface area contributed by atoms with Crippen molar-refractivity contribution in [3.05, 3.63) is 41.5 Å². The number of hydrogen-bond donors (Lipinski definition) is 1. The van der Waals surface area contributed by atoms with Gasteiger partial charge in [0.1, 0.15) is 11.6 Å². The molecule has 1 heterocycles. The number of nitrogens with zero attached hydrogens (tertiary/aromatic N) is 2. The quantitative estimate of drug-likeness (QED) is 0.923. The molecule has 18 heavy (non-hydrogen) atoms. The van der Waals surface area contributed by atoms with E-state index >= 15 is 0 Å². The van der Waals surface area contributed by atoms with Crippen LogP contribution < -0.4 is 0 Å². The molecule has 0 aliphatic heterocycles. The molecule has 0 aliphatic rings. The standard InChI is InChI=1S/C11H8N2O3S2/c12-6-9-10(14)13-17-11(9)18(15,16)7-8-4-2-1-3-5-8/h1-5H,7H2,(H,13,14). The Kier molecular flexibility index (Phi) is 3.32. The van der Waals surface area contributed by atoms with E-state index in [1.54, 1.807) is 36.4 Å². The van der Waals surface area contributed by atoms with Gasteiger partial charge in [0.25, 0.3) is 0 Å². The summed E-state index contributed by atoms with van der Waals surface area (Å²) in [6.45, 7) is 0. The van der Waals surface area contributed by atoms with E-state index in [0.29, 0.717) is 17.1 Å². The van der Waals surface area contributed by atoms with Gasteiger partial charge in [-0.25, -0.2) is 8.42 Å². The summed E-state index contributed by atoms with van der Waals surface area (Å²) in [7, 11) is -3.66. The minimum Gasteiger partial charge on any atom is -0.492 e. The van der Waals surface area contributed by atoms with Gasteiger partial charge in [0.15, 0.2) is 14.0 Å². The molecule has 0 aliphatic carbocycles. The molecule has 0 saturated carbocycles. The van der Waals surface area contributed by atoms with Crippen LogP contribution in [0.5, 0.6) is 5.88 Å². The number of aromatic hydroxyl groups is 1. The van der Waals surface area contributed by atoms with Gasteiger partial charge in [0.2, 0.25) is 5.88 Å². The highest BCUT2D eigenvalue weighted by molar-refractivity contribution is 7.92. The fraction of sp³-hybridized carbons (Fsp3) is 0.0909. The van der Waals surface area contributed by atoms with E-state index in [-0.39, 0.29) is 15.5 Å². The lowest BCUT2D eigenvalue weighted by molar-refractivity contribution is 0.457. The number of hydrogen-bond acceptors (Lipinski definition) is 6. The third kappa shape index (κ3) is 2.34. The van der Waals surface area contributed by atoms with Crippen LogP contribution in [0.1, 0.15) is 11.1 Å². The fourth-order valence-corrected chi connectivity index (χ4v) is 3.88. The second kappa shape index (κ2) is 4.76. The summed E-state index contributed by atoms with van der Waals surface area (Å²) in [5, 5.41) is 18.1. The lowest BCUT2D eigenvalue weighted by Gasteiger charge is -2.01. The molecule has 0 unspecified atom stereocenters. The largest absolute Gasteiger partial charge is 0.492 e. The Morgan fingerprint density at radius 3 is 2.61 bits per heavy atom. The molecule has 5 nitrogen and oxygen atoms in total. The fourth-order valence-electron chi connectivity index (χ4n) is 1.43. The van der Waals surface area contributed by atoms with Crippen LogP contribution in [0.3, 0.4) is 0 Å². The first kappa shape index (κ1) is 12.5. The zero-order chi connectivity index (χ0) is 13.2. The van der Waals surface area contributed by atoms with Gasteiger partial charge in [-0.05, 0) is 17.1 Å². The average Bonchev–Trinajstić information content (AvgIpc) is 2.72. The molecule has 0 spiro atoms. The Labute approximate surface area is 108 Å². The van der Waals surface area contributed by atoms with Gasteiger partial charge in [-0.1, -0.05) is 30.3 Å². The maximum atomic E-state index is 12.1. The van der Waals surface area contributed by atoms with Crippen LogP contribution in [-0.2, 0) is 15.6 Å². The zero-order valence-electron chi connectivity index (χ0n) is 9.07. The highest BCUT2D eigenvalue weighted by Crippen LogP contribution is 2.30. The lowest BCUT2D eigenvalue weighted by atomic mass is 10.2. The van der Waals surface area contributed by atoms with Gasteiger partial charge < -0.3 is 5.11 Å². The van der Waals surface area contributed by atoms with Gasteiger partial charge in [0, 0.05) is 0 Å². The summed E-state index contributed by atoms with van der Waals surface area (Å²) in [6, 6.07) is 10.3. The van der Waals surface area contributed by atoms with E-state index in [4.69, 9.17) is 5.26 Å². The molecular weight excluding hydrogens is 272 g/mol. The van der Waals surface area contributed by atoms with Crippen molar-refractivity contribution in [1.82, 2.24) is 4.37 Å². The smallest absolute Gasteiger partial charge is 0.242 e. The van der Waals surface area contributed by atoms with Crippen LogP contribution in [0.15, 0.2) is 34.5 Å². The summed E-state index contributed by atoms with van der Waals surface area (Å²) in [6.07, 6.45) is 0. The molecule has 0 radical (unpaired) electrons. The normalized spacial score (nSPS) is 11.1. The molecule has 92 valence electrons. The Morgan fingerprint density at radius 1 is 1.33 bits per heavy atom. The molecule has 0 fully saturated rings. The highest BCUT2D eigenvalue weighted by atomic mass is 32.2. The molecule has 2 rings (SSSR count). The monoisotopic (exact) mass is 280 g/mol. The first-order valence-electron chi connectivity index (χ1n) is 4.90. The highest BCUT2D eigenvalue weighted by Gasteiger charge is 2.25. The van der Waals surface area contributed by atoms with Crippen molar-refractivity contribution in [2.45, 2.75) is 9.96 Å². The Balaban J connectivity index is 2.41. The summed E-state index contributed by atoms with van der Waals surface area (Å²) in [4.78, 5) is 0. The van der Waals surface area contributed by atoms with Gasteiger partial charge in [0.05, 0.1) is 5.75 Å². The third-order valence-corrected chi connectivity index (χ3v) is 5.34. The molecule has 0 saturated heterocycles. The maximum Gasteiger partial charge on any atom is 0.242 e. The van der Waals surface area contributed by atoms with Gasteiger partial charge in [-0.15, -0.1) is 0 Å². The van der Waals surface area contributed by atoms with Crippen molar-refractivity contribution in [2.75, 3.05) is 0 Å². The summed E-state index contributed by atoms with van der Waals surface area (Å²) in [5.41, 5.74) is 0.338. The number of sulfone groups is 1. The minimum absolute atomic E-state index is 0.189. The lowest BCUT2D eigenvalue weighted by Crippen LogP contribution is -2.04. The van der Waals surface area contributed by atoms with Crippen molar-refractivity contribution < 1.29 is 13.5 Å². The van der Waals surface area contributed by atoms with E-state index in [0.717, 1.165) is 0 Å². The summed E-state index contributed by atoms with van der Waals surface area (Å²) < 4.78 is 27.5. The van der Waals surface area contributed by atoms with Crippen molar-refractivity contribution in [3.63, 3.8) is 0 Å². The minimum atomic E-state index is -3.66. The predicted molar refractivity (Wildman–Crippen MR) is 65.8 cm³/mol. The Bertz CT molecular complexity index is 700. The first-order chi connectivity index (χ1) is 8.54. The number of aromatic nitrogens is 1. The van der Waals surface area contributed by atoms with Crippen LogP contribution in [0.2, 0.25) is 0 Å². The topological polar surface area (TPSA) is 91.0 Å². The third-order valence-electron chi connectivity index (χ3n) is 2.24. The molecule has 1 aromatic carbocycles. The molecule has 2 aromatic rings. The summed E-state index contributed by atoms with van der Waals surface area (Å²) >= 11 is 0.616.